The SMILES string of the molecule is O=C(O)C1(CCOCC(F)(F)F)CCc2ccccc2C1. The van der Waals surface area contributed by atoms with Crippen molar-refractivity contribution in [3.8, 4) is 0 Å². The van der Waals surface area contributed by atoms with E-state index in [0.717, 1.165) is 11.1 Å². The smallest absolute Gasteiger partial charge is 0.411 e. The largest absolute Gasteiger partial charge is 0.481 e. The first kappa shape index (κ1) is 15.8. The molecule has 1 unspecified atom stereocenters. The van der Waals surface area contributed by atoms with Gasteiger partial charge in [-0.3, -0.25) is 4.79 Å². The zero-order valence-corrected chi connectivity index (χ0v) is 11.4. The van der Waals surface area contributed by atoms with Crippen molar-refractivity contribution in [2.75, 3.05) is 13.2 Å². The minimum absolute atomic E-state index is 0.0900. The Labute approximate surface area is 120 Å². The number of carboxylic acid groups (broad SMARTS) is 1. The van der Waals surface area contributed by atoms with Gasteiger partial charge in [0.1, 0.15) is 6.61 Å². The number of carbonyl (C=O) groups is 1. The van der Waals surface area contributed by atoms with Crippen LogP contribution in [0.25, 0.3) is 0 Å². The summed E-state index contributed by atoms with van der Waals surface area (Å²) in [6, 6.07) is 7.58. The van der Waals surface area contributed by atoms with Crippen molar-refractivity contribution in [2.24, 2.45) is 5.41 Å². The monoisotopic (exact) mass is 302 g/mol. The van der Waals surface area contributed by atoms with Gasteiger partial charge in [0.05, 0.1) is 5.41 Å². The first-order valence-corrected chi connectivity index (χ1v) is 6.77. The van der Waals surface area contributed by atoms with Crippen LogP contribution in [-0.4, -0.2) is 30.5 Å². The van der Waals surface area contributed by atoms with Gasteiger partial charge < -0.3 is 9.84 Å². The summed E-state index contributed by atoms with van der Waals surface area (Å²) in [6.07, 6.45) is -2.90. The van der Waals surface area contributed by atoms with Gasteiger partial charge in [0.2, 0.25) is 0 Å². The molecule has 0 saturated heterocycles. The van der Waals surface area contributed by atoms with Crippen molar-refractivity contribution >= 4 is 5.97 Å². The second kappa shape index (κ2) is 6.05. The summed E-state index contributed by atoms with van der Waals surface area (Å²) < 4.78 is 40.7. The lowest BCUT2D eigenvalue weighted by Gasteiger charge is -2.34. The maximum Gasteiger partial charge on any atom is 0.411 e. The van der Waals surface area contributed by atoms with Crippen molar-refractivity contribution in [3.05, 3.63) is 35.4 Å². The van der Waals surface area contributed by atoms with E-state index >= 15 is 0 Å². The third-order valence-electron chi connectivity index (χ3n) is 3.96. The molecular formula is C15H17F3O3. The second-order valence-corrected chi connectivity index (χ2v) is 5.45. The summed E-state index contributed by atoms with van der Waals surface area (Å²) in [4.78, 5) is 11.6. The van der Waals surface area contributed by atoms with Crippen LogP contribution in [0.5, 0.6) is 0 Å². The molecule has 6 heteroatoms. The molecule has 0 spiro atoms. The fourth-order valence-corrected chi connectivity index (χ4v) is 2.76. The van der Waals surface area contributed by atoms with Crippen molar-refractivity contribution in [2.45, 2.75) is 31.9 Å². The first-order valence-electron chi connectivity index (χ1n) is 6.77. The van der Waals surface area contributed by atoms with E-state index in [1.54, 1.807) is 0 Å². The molecule has 116 valence electrons. The third kappa shape index (κ3) is 3.97. The number of carboxylic acids is 1. The minimum Gasteiger partial charge on any atom is -0.481 e. The minimum atomic E-state index is -4.38. The zero-order chi connectivity index (χ0) is 15.5. The normalized spacial score (nSPS) is 21.9. The van der Waals surface area contributed by atoms with Gasteiger partial charge in [-0.1, -0.05) is 24.3 Å². The van der Waals surface area contributed by atoms with Crippen LogP contribution in [0.3, 0.4) is 0 Å². The van der Waals surface area contributed by atoms with Crippen LogP contribution in [0.1, 0.15) is 24.0 Å². The molecule has 21 heavy (non-hydrogen) atoms. The highest BCUT2D eigenvalue weighted by molar-refractivity contribution is 5.75. The standard InChI is InChI=1S/C15H17F3O3/c16-15(17,18)10-21-8-7-14(13(19)20)6-5-11-3-1-2-4-12(11)9-14/h1-4H,5-10H2,(H,19,20). The second-order valence-electron chi connectivity index (χ2n) is 5.45. The Bertz CT molecular complexity index is 513. The Morgan fingerprint density at radius 2 is 1.95 bits per heavy atom. The summed E-state index contributed by atoms with van der Waals surface area (Å²) in [5.74, 6) is -0.965. The number of ether oxygens (including phenoxy) is 1. The van der Waals surface area contributed by atoms with E-state index in [2.05, 4.69) is 4.74 Å². The molecule has 1 aliphatic rings. The first-order chi connectivity index (χ1) is 9.82. The molecule has 1 aromatic rings. The maximum absolute atomic E-state index is 12.0. The average Bonchev–Trinajstić information content (AvgIpc) is 2.42. The molecule has 0 amide bonds. The van der Waals surface area contributed by atoms with E-state index in [1.165, 1.54) is 0 Å². The van der Waals surface area contributed by atoms with Gasteiger partial charge in [-0.05, 0) is 36.8 Å². The molecule has 0 heterocycles. The molecule has 0 saturated carbocycles. The zero-order valence-electron chi connectivity index (χ0n) is 11.4. The number of hydrogen-bond acceptors (Lipinski definition) is 2. The van der Waals surface area contributed by atoms with Crippen molar-refractivity contribution < 1.29 is 27.8 Å². The molecular weight excluding hydrogens is 285 g/mol. The summed E-state index contributed by atoms with van der Waals surface area (Å²) in [7, 11) is 0. The summed E-state index contributed by atoms with van der Waals surface area (Å²) in [6.45, 7) is -1.53. The van der Waals surface area contributed by atoms with Crippen LogP contribution in [0.15, 0.2) is 24.3 Å². The topological polar surface area (TPSA) is 46.5 Å². The lowest BCUT2D eigenvalue weighted by molar-refractivity contribution is -0.176. The van der Waals surface area contributed by atoms with E-state index in [4.69, 9.17) is 0 Å². The van der Waals surface area contributed by atoms with Crippen LogP contribution in [0.4, 0.5) is 13.2 Å². The highest BCUT2D eigenvalue weighted by Gasteiger charge is 2.41. The van der Waals surface area contributed by atoms with Crippen LogP contribution in [0.2, 0.25) is 0 Å². The van der Waals surface area contributed by atoms with E-state index in [-0.39, 0.29) is 13.0 Å². The molecule has 1 aromatic carbocycles. The lowest BCUT2D eigenvalue weighted by Crippen LogP contribution is -2.38. The number of aliphatic carboxylic acids is 1. The van der Waals surface area contributed by atoms with Gasteiger partial charge in [0.25, 0.3) is 0 Å². The lowest BCUT2D eigenvalue weighted by atomic mass is 9.70. The number of fused-ring (bicyclic) bond motifs is 1. The highest BCUT2D eigenvalue weighted by atomic mass is 19.4. The molecule has 0 aliphatic heterocycles. The molecule has 0 bridgehead atoms. The molecule has 0 fully saturated rings. The molecule has 1 N–H and O–H groups in total. The fraction of sp³-hybridized carbons (Fsp3) is 0.533. The van der Waals surface area contributed by atoms with Crippen LogP contribution in [-0.2, 0) is 22.4 Å². The third-order valence-corrected chi connectivity index (χ3v) is 3.96. The predicted octanol–water partition coefficient (Wildman–Crippen LogP) is 3.22. The number of halogens is 3. The van der Waals surface area contributed by atoms with Gasteiger partial charge in [0.15, 0.2) is 0 Å². The van der Waals surface area contributed by atoms with Crippen LogP contribution >= 0.6 is 0 Å². The van der Waals surface area contributed by atoms with E-state index in [1.807, 2.05) is 24.3 Å². The number of rotatable bonds is 5. The number of alkyl halides is 3. The van der Waals surface area contributed by atoms with E-state index in [9.17, 15) is 23.1 Å². The molecule has 2 rings (SSSR count). The van der Waals surface area contributed by atoms with Gasteiger partial charge in [-0.2, -0.15) is 13.2 Å². The van der Waals surface area contributed by atoms with Crippen molar-refractivity contribution in [1.29, 1.82) is 0 Å². The Hall–Kier alpha value is -1.56. The van der Waals surface area contributed by atoms with Gasteiger partial charge in [-0.15, -0.1) is 0 Å². The van der Waals surface area contributed by atoms with E-state index < -0.39 is 24.2 Å². The average molecular weight is 302 g/mol. The van der Waals surface area contributed by atoms with Gasteiger partial charge in [0, 0.05) is 6.61 Å². The molecule has 1 atom stereocenters. The van der Waals surface area contributed by atoms with Gasteiger partial charge in [-0.25, -0.2) is 0 Å². The molecule has 3 nitrogen and oxygen atoms in total. The van der Waals surface area contributed by atoms with Crippen molar-refractivity contribution in [3.63, 3.8) is 0 Å². The summed E-state index contributed by atoms with van der Waals surface area (Å²) in [5.41, 5.74) is 1.05. The molecule has 0 radical (unpaired) electrons. The number of hydrogen-bond donors (Lipinski definition) is 1. The van der Waals surface area contributed by atoms with Crippen LogP contribution in [0, 0.1) is 5.41 Å². The van der Waals surface area contributed by atoms with Crippen molar-refractivity contribution in [1.82, 2.24) is 0 Å². The fourth-order valence-electron chi connectivity index (χ4n) is 2.76. The molecule has 0 aromatic heterocycles. The van der Waals surface area contributed by atoms with Gasteiger partial charge >= 0.3 is 12.1 Å². The Morgan fingerprint density at radius 1 is 1.29 bits per heavy atom. The summed E-state index contributed by atoms with van der Waals surface area (Å²) >= 11 is 0. The highest BCUT2D eigenvalue weighted by Crippen LogP contribution is 2.38. The van der Waals surface area contributed by atoms with Crippen LogP contribution < -0.4 is 0 Å². The Morgan fingerprint density at radius 3 is 2.57 bits per heavy atom. The quantitative estimate of drug-likeness (QED) is 0.850. The number of benzene rings is 1. The Balaban J connectivity index is 2.01. The maximum atomic E-state index is 12.0. The summed E-state index contributed by atoms with van der Waals surface area (Å²) in [5, 5.41) is 9.50. The molecule has 1 aliphatic carbocycles. The number of aryl methyl sites for hydroxylation is 1. The Kier molecular flexibility index (Phi) is 4.56. The van der Waals surface area contributed by atoms with E-state index in [0.29, 0.717) is 19.3 Å². The predicted molar refractivity (Wildman–Crippen MR) is 70.0 cm³/mol.